The van der Waals surface area contributed by atoms with Gasteiger partial charge in [-0.15, -0.1) is 0 Å². The van der Waals surface area contributed by atoms with Crippen LogP contribution in [0.1, 0.15) is 13.8 Å². The summed E-state index contributed by atoms with van der Waals surface area (Å²) in [7, 11) is 0. The molecule has 2 aromatic carbocycles. The van der Waals surface area contributed by atoms with Crippen molar-refractivity contribution in [3.63, 3.8) is 0 Å². The fourth-order valence-corrected chi connectivity index (χ4v) is 3.81. The normalized spacial score (nSPS) is 12.1. The second-order valence-electron chi connectivity index (χ2n) is 7.86. The molecule has 5 nitrogen and oxygen atoms in total. The molecule has 1 N–H and O–H groups in total. The summed E-state index contributed by atoms with van der Waals surface area (Å²) >= 11 is 0. The lowest BCUT2D eigenvalue weighted by Gasteiger charge is -2.20. The third-order valence-electron chi connectivity index (χ3n) is 5.10. The van der Waals surface area contributed by atoms with E-state index >= 15 is 0 Å². The van der Waals surface area contributed by atoms with Crippen LogP contribution in [0.4, 0.5) is 15.8 Å². The van der Waals surface area contributed by atoms with E-state index in [4.69, 9.17) is 9.98 Å². The molecule has 2 aliphatic rings. The van der Waals surface area contributed by atoms with Crippen LogP contribution in [0.5, 0.6) is 0 Å². The first-order chi connectivity index (χ1) is 15.6. The highest BCUT2D eigenvalue weighted by atomic mass is 19.1. The molecule has 0 bridgehead atoms. The van der Waals surface area contributed by atoms with Crippen LogP contribution in [0.25, 0.3) is 28.1 Å². The smallest absolute Gasteiger partial charge is 0.125 e. The molecule has 0 saturated heterocycles. The number of para-hydroxylation sites is 2. The Balaban J connectivity index is 1.84. The van der Waals surface area contributed by atoms with Gasteiger partial charge in [0.2, 0.25) is 0 Å². The first kappa shape index (κ1) is 19.9. The Labute approximate surface area is 185 Å². The largest absolute Gasteiger partial charge is 0.352 e. The van der Waals surface area contributed by atoms with Crippen LogP contribution in [0.15, 0.2) is 90.2 Å². The van der Waals surface area contributed by atoms with Crippen molar-refractivity contribution in [2.45, 2.75) is 19.9 Å². The summed E-state index contributed by atoms with van der Waals surface area (Å²) < 4.78 is 16.2. The Morgan fingerprint density at radius 3 is 2.62 bits per heavy atom. The molecule has 1 aliphatic carbocycles. The molecule has 1 aliphatic heterocycles. The third-order valence-corrected chi connectivity index (χ3v) is 5.10. The van der Waals surface area contributed by atoms with Gasteiger partial charge in [-0.1, -0.05) is 18.2 Å². The number of fused-ring (bicyclic) bond motifs is 2. The van der Waals surface area contributed by atoms with Crippen LogP contribution in [0.3, 0.4) is 0 Å². The van der Waals surface area contributed by atoms with E-state index in [0.717, 1.165) is 44.8 Å². The van der Waals surface area contributed by atoms with Gasteiger partial charge in [-0.3, -0.25) is 9.98 Å². The Bertz CT molecular complexity index is 1440. The Morgan fingerprint density at radius 1 is 0.969 bits per heavy atom. The van der Waals surface area contributed by atoms with Crippen molar-refractivity contribution >= 4 is 22.4 Å². The summed E-state index contributed by atoms with van der Waals surface area (Å²) in [6, 6.07) is 22.4. The summed E-state index contributed by atoms with van der Waals surface area (Å²) in [5.41, 5.74) is 5.79. The fraction of sp³-hybridized carbons (Fsp3) is 0.115. The van der Waals surface area contributed by atoms with Gasteiger partial charge in [-0.05, 0) is 68.4 Å². The van der Waals surface area contributed by atoms with Crippen molar-refractivity contribution in [3.05, 3.63) is 96.4 Å². The Hall–Kier alpha value is -4.06. The van der Waals surface area contributed by atoms with Gasteiger partial charge in [0.05, 0.1) is 45.4 Å². The Kier molecular flexibility index (Phi) is 5.11. The highest BCUT2D eigenvalue weighted by molar-refractivity contribution is 5.84. The van der Waals surface area contributed by atoms with Crippen molar-refractivity contribution < 1.29 is 4.39 Å². The van der Waals surface area contributed by atoms with Gasteiger partial charge >= 0.3 is 0 Å². The summed E-state index contributed by atoms with van der Waals surface area (Å²) in [6.07, 6.45) is 3.50. The fourth-order valence-electron chi connectivity index (χ4n) is 3.81. The lowest BCUT2D eigenvalue weighted by Crippen LogP contribution is -2.16. The number of hydrogen-bond acceptors (Lipinski definition) is 4. The van der Waals surface area contributed by atoms with Crippen molar-refractivity contribution in [2.24, 2.45) is 4.99 Å². The molecule has 32 heavy (non-hydrogen) atoms. The first-order valence-electron chi connectivity index (χ1n) is 10.5. The molecule has 1 aromatic heterocycles. The maximum Gasteiger partial charge on any atom is 0.125 e. The number of hydrogen-bond donors (Lipinski definition) is 1. The molecular weight excluding hydrogens is 401 g/mol. The van der Waals surface area contributed by atoms with Crippen molar-refractivity contribution in [1.82, 2.24) is 14.5 Å². The highest BCUT2D eigenvalue weighted by Crippen LogP contribution is 2.30. The number of aromatic nitrogens is 3. The molecule has 3 aromatic rings. The number of pyridine rings is 1. The van der Waals surface area contributed by atoms with Gasteiger partial charge in [0, 0.05) is 17.9 Å². The molecule has 0 unspecified atom stereocenters. The van der Waals surface area contributed by atoms with E-state index in [1.54, 1.807) is 18.5 Å². The second kappa shape index (κ2) is 8.23. The monoisotopic (exact) mass is 423 g/mol. The van der Waals surface area contributed by atoms with E-state index in [1.807, 2.05) is 73.0 Å². The standard InChI is InChI=1S/C26H22FN5/c1-17(2)29-23-15-26-24(14-22(23)30-19-8-6-12-28-16-19)31-21-10-3-4-11-25(21)32(26)20-9-5-7-18(27)13-20/h3-17,30H,1-2H3. The van der Waals surface area contributed by atoms with E-state index < -0.39 is 0 Å². The number of anilines is 2. The predicted octanol–water partition coefficient (Wildman–Crippen LogP) is 5.72. The van der Waals surface area contributed by atoms with Crippen LogP contribution in [0.2, 0.25) is 0 Å². The minimum absolute atomic E-state index is 0.0953. The molecule has 158 valence electrons. The SMILES string of the molecule is CC(C)N=c1cc2n(-c3cccc(F)c3)c3ccccc3nc-2cc1Nc1cccnc1. The molecule has 6 heteroatoms. The number of nitrogens with zero attached hydrogens (tertiary/aromatic N) is 4. The van der Waals surface area contributed by atoms with E-state index in [0.29, 0.717) is 0 Å². The highest BCUT2D eigenvalue weighted by Gasteiger charge is 2.17. The average molecular weight is 423 g/mol. The van der Waals surface area contributed by atoms with Crippen molar-refractivity contribution in [2.75, 3.05) is 5.32 Å². The van der Waals surface area contributed by atoms with Crippen LogP contribution in [-0.4, -0.2) is 20.6 Å². The summed E-state index contributed by atoms with van der Waals surface area (Å²) in [5.74, 6) is -0.286. The van der Waals surface area contributed by atoms with Gasteiger partial charge in [-0.2, -0.15) is 0 Å². The minimum Gasteiger partial charge on any atom is -0.352 e. The predicted molar refractivity (Wildman–Crippen MR) is 126 cm³/mol. The molecule has 0 atom stereocenters. The van der Waals surface area contributed by atoms with Gasteiger partial charge in [0.15, 0.2) is 0 Å². The minimum atomic E-state index is -0.286. The topological polar surface area (TPSA) is 55.1 Å². The van der Waals surface area contributed by atoms with Crippen LogP contribution < -0.4 is 10.7 Å². The molecule has 0 fully saturated rings. The summed E-state index contributed by atoms with van der Waals surface area (Å²) in [4.78, 5) is 13.9. The zero-order chi connectivity index (χ0) is 22.1. The summed E-state index contributed by atoms with van der Waals surface area (Å²) in [6.45, 7) is 4.08. The molecule has 0 amide bonds. The van der Waals surface area contributed by atoms with Crippen LogP contribution in [-0.2, 0) is 0 Å². The lowest BCUT2D eigenvalue weighted by atomic mass is 10.1. The van der Waals surface area contributed by atoms with E-state index in [9.17, 15) is 4.39 Å². The van der Waals surface area contributed by atoms with E-state index in [-0.39, 0.29) is 11.9 Å². The number of nitrogens with one attached hydrogen (secondary N) is 1. The van der Waals surface area contributed by atoms with Crippen molar-refractivity contribution in [3.8, 4) is 17.1 Å². The molecule has 5 rings (SSSR count). The van der Waals surface area contributed by atoms with Crippen LogP contribution in [0, 0.1) is 5.82 Å². The van der Waals surface area contributed by atoms with Gasteiger partial charge in [0.1, 0.15) is 5.82 Å². The quantitative estimate of drug-likeness (QED) is 0.376. The number of rotatable bonds is 4. The third kappa shape index (κ3) is 3.83. The lowest BCUT2D eigenvalue weighted by molar-refractivity contribution is 0.627. The average Bonchev–Trinajstić information content (AvgIpc) is 2.78. The molecule has 0 radical (unpaired) electrons. The zero-order valence-electron chi connectivity index (χ0n) is 17.8. The summed E-state index contributed by atoms with van der Waals surface area (Å²) in [5, 5.41) is 4.23. The molecule has 0 spiro atoms. The van der Waals surface area contributed by atoms with Gasteiger partial charge in [-0.25, -0.2) is 9.37 Å². The van der Waals surface area contributed by atoms with Crippen molar-refractivity contribution in [1.29, 1.82) is 0 Å². The van der Waals surface area contributed by atoms with Gasteiger partial charge < -0.3 is 9.88 Å². The molecule has 2 heterocycles. The van der Waals surface area contributed by atoms with Crippen LogP contribution >= 0.6 is 0 Å². The van der Waals surface area contributed by atoms with Gasteiger partial charge in [0.25, 0.3) is 0 Å². The maximum absolute atomic E-state index is 14.1. The maximum atomic E-state index is 14.1. The first-order valence-corrected chi connectivity index (χ1v) is 10.5. The van der Waals surface area contributed by atoms with E-state index in [2.05, 4.69) is 10.3 Å². The number of halogens is 1. The molecular formula is C26H22FN5. The molecule has 0 saturated carbocycles. The Morgan fingerprint density at radius 2 is 1.84 bits per heavy atom. The second-order valence-corrected chi connectivity index (χ2v) is 7.86. The van der Waals surface area contributed by atoms with E-state index in [1.165, 1.54) is 12.1 Å². The number of benzene rings is 3. The zero-order valence-corrected chi connectivity index (χ0v) is 17.8.